The third kappa shape index (κ3) is 5.07. The second kappa shape index (κ2) is 12.2. The van der Waals surface area contributed by atoms with Crippen molar-refractivity contribution in [2.75, 3.05) is 31.1 Å². The number of nitriles is 2. The molecular weight excluding hydrogens is 550 g/mol. The number of carbonyl (C=O) groups excluding carboxylic acids is 2. The number of rotatable bonds is 9. The summed E-state index contributed by atoms with van der Waals surface area (Å²) in [6, 6.07) is 22.0. The van der Waals surface area contributed by atoms with Crippen LogP contribution in [-0.2, 0) is 25.5 Å². The van der Waals surface area contributed by atoms with Gasteiger partial charge in [-0.3, -0.25) is 9.59 Å². The van der Waals surface area contributed by atoms with Crippen molar-refractivity contribution in [1.82, 2.24) is 10.3 Å². The summed E-state index contributed by atoms with van der Waals surface area (Å²) >= 11 is 0.935. The minimum Gasteiger partial charge on any atom is -0.373 e. The van der Waals surface area contributed by atoms with Crippen LogP contribution in [0.3, 0.4) is 0 Å². The number of thioether (sulfide) groups is 1. The lowest BCUT2D eigenvalue weighted by Crippen LogP contribution is -2.48. The fourth-order valence-corrected chi connectivity index (χ4v) is 7.39. The number of hydrogen-bond acceptors (Lipinski definition) is 9. The quantitative estimate of drug-likeness (QED) is 0.321. The number of amides is 2. The molecule has 2 aromatic carbocycles. The average Bonchev–Trinajstić information content (AvgIpc) is 3.45. The van der Waals surface area contributed by atoms with Crippen LogP contribution in [-0.4, -0.2) is 55.2 Å². The first-order chi connectivity index (χ1) is 20.3. The first-order valence-corrected chi connectivity index (χ1v) is 14.5. The van der Waals surface area contributed by atoms with E-state index in [0.717, 1.165) is 18.3 Å². The topological polar surface area (TPSA) is 171 Å². The molecule has 3 aromatic rings. The maximum absolute atomic E-state index is 13.7. The highest BCUT2D eigenvalue weighted by atomic mass is 32.2. The van der Waals surface area contributed by atoms with Gasteiger partial charge in [-0.25, -0.2) is 4.98 Å². The van der Waals surface area contributed by atoms with Crippen LogP contribution < -0.4 is 21.7 Å². The van der Waals surface area contributed by atoms with Crippen LogP contribution in [0.15, 0.2) is 65.7 Å². The normalized spacial score (nSPS) is 20.0. The Morgan fingerprint density at radius 2 is 1.76 bits per heavy atom. The lowest BCUT2D eigenvalue weighted by molar-refractivity contribution is -0.127. The van der Waals surface area contributed by atoms with E-state index in [1.165, 1.54) is 0 Å². The molecule has 1 aromatic heterocycles. The van der Waals surface area contributed by atoms with Gasteiger partial charge in [0.25, 0.3) is 0 Å². The number of ether oxygens (including phenoxy) is 1. The van der Waals surface area contributed by atoms with Crippen LogP contribution in [0, 0.1) is 22.7 Å². The molecule has 0 bridgehead atoms. The molecule has 0 saturated carbocycles. The van der Waals surface area contributed by atoms with Crippen molar-refractivity contribution in [3.05, 3.63) is 88.5 Å². The maximum atomic E-state index is 13.7. The zero-order valence-corrected chi connectivity index (χ0v) is 23.9. The Morgan fingerprint density at radius 1 is 1.10 bits per heavy atom. The first-order valence-electron chi connectivity index (χ1n) is 13.7. The standard InChI is InChI=1S/C31H31N7O3S/c1-2-21-22(15-32)28(38-17-24-25(18-38)41-14-13-36-24)37-29(23(21)16-33)42-31(30(35)40,20-11-7-4-8-12-20)26(27(34)39)19-9-5-3-6-10-19/h3-12,24-26,36H,2,13-14,17-18H2,1H3,(H2,34,39)(H2,35,40). The number of nitrogens with zero attached hydrogens (tertiary/aromatic N) is 4. The largest absolute Gasteiger partial charge is 0.373 e. The number of hydrogen-bond donors (Lipinski definition) is 3. The van der Waals surface area contributed by atoms with E-state index in [0.29, 0.717) is 54.2 Å². The minimum absolute atomic E-state index is 0.0651. The van der Waals surface area contributed by atoms with Gasteiger partial charge in [0.15, 0.2) is 0 Å². The number of pyridine rings is 1. The van der Waals surface area contributed by atoms with Gasteiger partial charge in [0.05, 0.1) is 35.8 Å². The van der Waals surface area contributed by atoms with Crippen LogP contribution in [0.2, 0.25) is 0 Å². The second-order valence-electron chi connectivity index (χ2n) is 10.2. The molecule has 10 nitrogen and oxygen atoms in total. The fourth-order valence-electron chi connectivity index (χ4n) is 5.95. The molecule has 11 heteroatoms. The van der Waals surface area contributed by atoms with Gasteiger partial charge in [-0.2, -0.15) is 10.5 Å². The number of benzene rings is 2. The van der Waals surface area contributed by atoms with E-state index in [1.54, 1.807) is 60.7 Å². The summed E-state index contributed by atoms with van der Waals surface area (Å²) in [6.07, 6.45) is 0.298. The summed E-state index contributed by atoms with van der Waals surface area (Å²) in [7, 11) is 0. The number of morpholine rings is 1. The number of carbonyl (C=O) groups is 2. The Balaban J connectivity index is 1.75. The molecule has 5 rings (SSSR count). The van der Waals surface area contributed by atoms with E-state index in [2.05, 4.69) is 17.5 Å². The van der Waals surface area contributed by atoms with E-state index in [1.807, 2.05) is 11.8 Å². The van der Waals surface area contributed by atoms with Crippen LogP contribution >= 0.6 is 11.8 Å². The molecule has 0 radical (unpaired) electrons. The zero-order valence-electron chi connectivity index (χ0n) is 23.1. The molecule has 5 N–H and O–H groups in total. The average molecular weight is 582 g/mol. The van der Waals surface area contributed by atoms with Crippen molar-refractivity contribution >= 4 is 29.4 Å². The number of aromatic nitrogens is 1. The summed E-state index contributed by atoms with van der Waals surface area (Å²) in [5, 5.41) is 24.3. The predicted octanol–water partition coefficient (Wildman–Crippen LogP) is 2.31. The van der Waals surface area contributed by atoms with Gasteiger partial charge in [0.2, 0.25) is 11.8 Å². The molecule has 42 heavy (non-hydrogen) atoms. The molecule has 4 atom stereocenters. The van der Waals surface area contributed by atoms with Crippen LogP contribution in [0.5, 0.6) is 0 Å². The third-order valence-corrected chi connectivity index (χ3v) is 9.37. The van der Waals surface area contributed by atoms with Crippen LogP contribution in [0.25, 0.3) is 0 Å². The Morgan fingerprint density at radius 3 is 2.33 bits per heavy atom. The number of anilines is 1. The van der Waals surface area contributed by atoms with Crippen molar-refractivity contribution in [3.63, 3.8) is 0 Å². The molecule has 2 aliphatic heterocycles. The van der Waals surface area contributed by atoms with Crippen molar-refractivity contribution in [2.24, 2.45) is 11.5 Å². The molecule has 4 unspecified atom stereocenters. The lowest BCUT2D eigenvalue weighted by atomic mass is 9.79. The molecule has 0 spiro atoms. The van der Waals surface area contributed by atoms with E-state index >= 15 is 0 Å². The van der Waals surface area contributed by atoms with Gasteiger partial charge in [0, 0.05) is 19.6 Å². The number of fused-ring (bicyclic) bond motifs is 1. The Bertz CT molecular complexity index is 1560. The molecule has 2 fully saturated rings. The van der Waals surface area contributed by atoms with Crippen molar-refractivity contribution in [2.45, 2.75) is 41.2 Å². The van der Waals surface area contributed by atoms with Crippen molar-refractivity contribution < 1.29 is 14.3 Å². The van der Waals surface area contributed by atoms with Gasteiger partial charge in [-0.1, -0.05) is 79.3 Å². The smallest absolute Gasteiger partial charge is 0.239 e. The lowest BCUT2D eigenvalue weighted by Gasteiger charge is -2.37. The number of primary amides is 2. The van der Waals surface area contributed by atoms with E-state index < -0.39 is 22.5 Å². The van der Waals surface area contributed by atoms with Crippen LogP contribution in [0.1, 0.15) is 40.7 Å². The first kappa shape index (κ1) is 29.1. The molecule has 2 amide bonds. The monoisotopic (exact) mass is 581 g/mol. The maximum Gasteiger partial charge on any atom is 0.239 e. The highest BCUT2D eigenvalue weighted by molar-refractivity contribution is 8.01. The number of nitrogens with one attached hydrogen (secondary N) is 1. The number of nitrogens with two attached hydrogens (primary N) is 2. The van der Waals surface area contributed by atoms with E-state index in [-0.39, 0.29) is 22.7 Å². The molecular formula is C31H31N7O3S. The van der Waals surface area contributed by atoms with Crippen molar-refractivity contribution in [3.8, 4) is 12.1 Å². The minimum atomic E-state index is -1.77. The third-order valence-electron chi connectivity index (χ3n) is 7.88. The molecule has 214 valence electrons. The highest BCUT2D eigenvalue weighted by Gasteiger charge is 2.52. The van der Waals surface area contributed by atoms with Gasteiger partial charge < -0.3 is 26.4 Å². The summed E-state index contributed by atoms with van der Waals surface area (Å²) in [5.41, 5.74) is 14.2. The molecule has 3 heterocycles. The van der Waals surface area contributed by atoms with Gasteiger partial charge in [-0.15, -0.1) is 0 Å². The molecule has 2 aliphatic rings. The van der Waals surface area contributed by atoms with Gasteiger partial charge in [-0.05, 0) is 23.1 Å². The summed E-state index contributed by atoms with van der Waals surface area (Å²) in [6.45, 7) is 4.24. The summed E-state index contributed by atoms with van der Waals surface area (Å²) in [5.74, 6) is -2.37. The van der Waals surface area contributed by atoms with E-state index in [9.17, 15) is 20.1 Å². The summed E-state index contributed by atoms with van der Waals surface area (Å²) < 4.78 is 4.18. The van der Waals surface area contributed by atoms with Gasteiger partial charge in [0.1, 0.15) is 27.7 Å². The highest BCUT2D eigenvalue weighted by Crippen LogP contribution is 2.52. The fraction of sp³-hybridized carbons (Fsp3) is 0.323. The van der Waals surface area contributed by atoms with Crippen LogP contribution in [0.4, 0.5) is 5.82 Å². The zero-order chi connectivity index (χ0) is 29.9. The van der Waals surface area contributed by atoms with Gasteiger partial charge >= 0.3 is 0 Å². The summed E-state index contributed by atoms with van der Waals surface area (Å²) in [4.78, 5) is 33.9. The van der Waals surface area contributed by atoms with Crippen molar-refractivity contribution in [1.29, 1.82) is 10.5 Å². The molecule has 0 aliphatic carbocycles. The molecule has 2 saturated heterocycles. The Hall–Kier alpha value is -4.42. The van der Waals surface area contributed by atoms with E-state index in [4.69, 9.17) is 21.2 Å². The predicted molar refractivity (Wildman–Crippen MR) is 158 cm³/mol. The Kier molecular flexibility index (Phi) is 8.46. The SMILES string of the molecule is CCc1c(C#N)c(SC(C(N)=O)(c2ccccc2)C(C(N)=O)c2ccccc2)nc(N2CC3NCCOC3C2)c1C#N. The Labute approximate surface area is 248 Å². The second-order valence-corrected chi connectivity index (χ2v) is 11.5.